The van der Waals surface area contributed by atoms with Gasteiger partial charge in [0.2, 0.25) is 0 Å². The number of fused-ring (bicyclic) bond motifs is 2. The summed E-state index contributed by atoms with van der Waals surface area (Å²) in [7, 11) is 0. The van der Waals surface area contributed by atoms with Crippen LogP contribution in [0.3, 0.4) is 0 Å². The lowest BCUT2D eigenvalue weighted by molar-refractivity contribution is -0.0746. The molecular weight excluding hydrogens is 416 g/mol. The van der Waals surface area contributed by atoms with E-state index in [1.54, 1.807) is 0 Å². The Morgan fingerprint density at radius 3 is 2.84 bits per heavy atom. The average molecular weight is 441 g/mol. The van der Waals surface area contributed by atoms with Crippen molar-refractivity contribution in [3.05, 3.63) is 47.8 Å². The SMILES string of the molecule is Nc1ncc(-c2cc3n(n2)CCOC32CCN(C(c3ncc[nH]3)C3CC3)C2)cc1C(F)F. The van der Waals surface area contributed by atoms with E-state index in [0.29, 0.717) is 30.3 Å². The molecule has 0 radical (unpaired) electrons. The van der Waals surface area contributed by atoms with Gasteiger partial charge in [0.1, 0.15) is 17.2 Å². The van der Waals surface area contributed by atoms with E-state index in [9.17, 15) is 8.78 Å². The first-order valence-corrected chi connectivity index (χ1v) is 11.0. The maximum atomic E-state index is 13.3. The highest BCUT2D eigenvalue weighted by Crippen LogP contribution is 2.48. The van der Waals surface area contributed by atoms with Crippen molar-refractivity contribution in [3.63, 3.8) is 0 Å². The van der Waals surface area contributed by atoms with Gasteiger partial charge in [0, 0.05) is 37.2 Å². The molecule has 1 aliphatic carbocycles. The molecule has 2 atom stereocenters. The molecule has 1 saturated carbocycles. The summed E-state index contributed by atoms with van der Waals surface area (Å²) in [5, 5.41) is 4.71. The molecule has 3 aliphatic rings. The van der Waals surface area contributed by atoms with E-state index in [-0.39, 0.29) is 17.4 Å². The number of nitrogens with one attached hydrogen (secondary N) is 1. The van der Waals surface area contributed by atoms with Gasteiger partial charge >= 0.3 is 0 Å². The number of anilines is 1. The van der Waals surface area contributed by atoms with Crippen molar-refractivity contribution in [2.75, 3.05) is 25.4 Å². The fourth-order valence-electron chi connectivity index (χ4n) is 5.22. The molecular formula is C22H25F2N7O. The van der Waals surface area contributed by atoms with Gasteiger partial charge in [0.05, 0.1) is 36.1 Å². The Bertz CT molecular complexity index is 1130. The first-order valence-electron chi connectivity index (χ1n) is 11.0. The van der Waals surface area contributed by atoms with Crippen LogP contribution in [0.4, 0.5) is 14.6 Å². The highest BCUT2D eigenvalue weighted by molar-refractivity contribution is 5.62. The van der Waals surface area contributed by atoms with Gasteiger partial charge in [-0.15, -0.1) is 0 Å². The number of imidazole rings is 1. The minimum absolute atomic E-state index is 0.150. The number of halogens is 2. The Hall–Kier alpha value is -2.85. The van der Waals surface area contributed by atoms with Crippen LogP contribution in [0.15, 0.2) is 30.7 Å². The van der Waals surface area contributed by atoms with E-state index in [4.69, 9.17) is 15.6 Å². The predicted molar refractivity (Wildman–Crippen MR) is 113 cm³/mol. The third kappa shape index (κ3) is 3.20. The Kier molecular flexibility index (Phi) is 4.55. The standard InChI is InChI=1S/C22H25F2N7O/c23-19(24)15-9-14(11-28-20(15)25)16-10-17-22(32-8-7-31(17)29-16)3-6-30(12-22)18(13-1-2-13)21-26-4-5-27-21/h4-5,9-11,13,18-19H,1-3,6-8,12H2,(H2,25,28)(H,26,27). The minimum atomic E-state index is -2.68. The lowest BCUT2D eigenvalue weighted by atomic mass is 9.96. The van der Waals surface area contributed by atoms with Gasteiger partial charge in [-0.05, 0) is 37.3 Å². The normalized spacial score (nSPS) is 24.3. The molecule has 3 N–H and O–H groups in total. The second kappa shape index (κ2) is 7.35. The van der Waals surface area contributed by atoms with Gasteiger partial charge in [-0.1, -0.05) is 0 Å². The number of rotatable bonds is 5. The van der Waals surface area contributed by atoms with E-state index < -0.39 is 12.0 Å². The van der Waals surface area contributed by atoms with Gasteiger partial charge in [0.25, 0.3) is 6.43 Å². The highest BCUT2D eigenvalue weighted by Gasteiger charge is 2.50. The minimum Gasteiger partial charge on any atom is -0.383 e. The monoisotopic (exact) mass is 441 g/mol. The largest absolute Gasteiger partial charge is 0.383 e. The number of likely N-dealkylation sites (tertiary alicyclic amines) is 1. The topological polar surface area (TPSA) is 97.9 Å². The molecule has 3 aromatic rings. The predicted octanol–water partition coefficient (Wildman–Crippen LogP) is 3.27. The molecule has 3 aromatic heterocycles. The Balaban J connectivity index is 1.32. The molecule has 2 fully saturated rings. The van der Waals surface area contributed by atoms with E-state index >= 15 is 0 Å². The fourth-order valence-corrected chi connectivity index (χ4v) is 5.22. The number of alkyl halides is 2. The number of pyridine rings is 1. The lowest BCUT2D eigenvalue weighted by Crippen LogP contribution is -2.41. The van der Waals surface area contributed by atoms with Crippen LogP contribution in [0.1, 0.15) is 48.8 Å². The molecule has 6 rings (SSSR count). The van der Waals surface area contributed by atoms with Crippen molar-refractivity contribution in [3.8, 4) is 11.3 Å². The van der Waals surface area contributed by atoms with Crippen molar-refractivity contribution in [1.29, 1.82) is 0 Å². The van der Waals surface area contributed by atoms with Crippen molar-refractivity contribution >= 4 is 5.82 Å². The summed E-state index contributed by atoms with van der Waals surface area (Å²) in [6.07, 6.45) is 5.79. The van der Waals surface area contributed by atoms with Crippen LogP contribution in [0.2, 0.25) is 0 Å². The summed E-state index contributed by atoms with van der Waals surface area (Å²) >= 11 is 0. The number of hydrogen-bond donors (Lipinski definition) is 2. The molecule has 2 aliphatic heterocycles. The summed E-state index contributed by atoms with van der Waals surface area (Å²) < 4.78 is 35.0. The number of aromatic nitrogens is 5. The summed E-state index contributed by atoms with van der Waals surface area (Å²) in [6, 6.07) is 3.61. The molecule has 0 aromatic carbocycles. The van der Waals surface area contributed by atoms with Crippen molar-refractivity contribution in [2.45, 2.75) is 43.9 Å². The number of hydrogen-bond acceptors (Lipinski definition) is 6. The van der Waals surface area contributed by atoms with Crippen molar-refractivity contribution in [2.24, 2.45) is 5.92 Å². The lowest BCUT2D eigenvalue weighted by Gasteiger charge is -2.35. The Morgan fingerprint density at radius 2 is 2.09 bits per heavy atom. The molecule has 8 nitrogen and oxygen atoms in total. The van der Waals surface area contributed by atoms with Gasteiger partial charge in [0.15, 0.2) is 0 Å². The number of aromatic amines is 1. The van der Waals surface area contributed by atoms with Crippen LogP contribution in [0.5, 0.6) is 0 Å². The second-order valence-electron chi connectivity index (χ2n) is 8.96. The zero-order valence-electron chi connectivity index (χ0n) is 17.5. The fraction of sp³-hybridized carbons (Fsp3) is 0.500. The van der Waals surface area contributed by atoms with Gasteiger partial charge in [-0.2, -0.15) is 5.10 Å². The van der Waals surface area contributed by atoms with Gasteiger partial charge in [-0.25, -0.2) is 18.7 Å². The summed E-state index contributed by atoms with van der Waals surface area (Å²) in [4.78, 5) is 14.3. The molecule has 1 saturated heterocycles. The van der Waals surface area contributed by atoms with Gasteiger partial charge in [-0.3, -0.25) is 9.58 Å². The summed E-state index contributed by atoms with van der Waals surface area (Å²) in [6.45, 7) is 2.86. The van der Waals surface area contributed by atoms with Crippen LogP contribution < -0.4 is 5.73 Å². The maximum Gasteiger partial charge on any atom is 0.267 e. The zero-order valence-corrected chi connectivity index (χ0v) is 17.5. The number of nitrogen functional groups attached to an aromatic ring is 1. The zero-order chi connectivity index (χ0) is 21.9. The number of ether oxygens (including phenoxy) is 1. The highest BCUT2D eigenvalue weighted by atomic mass is 19.3. The van der Waals surface area contributed by atoms with Crippen LogP contribution in [-0.4, -0.2) is 49.3 Å². The quantitative estimate of drug-likeness (QED) is 0.631. The molecule has 1 spiro atoms. The number of nitrogens with two attached hydrogens (primary N) is 1. The number of nitrogens with zero attached hydrogens (tertiary/aromatic N) is 5. The first-order chi connectivity index (χ1) is 15.5. The van der Waals surface area contributed by atoms with E-state index in [0.717, 1.165) is 31.0 Å². The second-order valence-corrected chi connectivity index (χ2v) is 8.96. The molecule has 0 amide bonds. The van der Waals surface area contributed by atoms with Crippen LogP contribution in [0.25, 0.3) is 11.3 Å². The Morgan fingerprint density at radius 1 is 1.22 bits per heavy atom. The summed E-state index contributed by atoms with van der Waals surface area (Å²) in [5.74, 6) is 1.49. The van der Waals surface area contributed by atoms with Crippen LogP contribution in [0, 0.1) is 5.92 Å². The van der Waals surface area contributed by atoms with E-state index in [1.807, 2.05) is 23.1 Å². The first kappa shape index (κ1) is 19.8. The molecule has 5 heterocycles. The maximum absolute atomic E-state index is 13.3. The summed E-state index contributed by atoms with van der Waals surface area (Å²) in [5.41, 5.74) is 7.03. The van der Waals surface area contributed by atoms with Crippen LogP contribution >= 0.6 is 0 Å². The molecule has 32 heavy (non-hydrogen) atoms. The third-order valence-corrected chi connectivity index (χ3v) is 6.93. The van der Waals surface area contributed by atoms with Crippen molar-refractivity contribution in [1.82, 2.24) is 29.6 Å². The van der Waals surface area contributed by atoms with E-state index in [1.165, 1.54) is 25.1 Å². The third-order valence-electron chi connectivity index (χ3n) is 6.93. The number of H-pyrrole nitrogens is 1. The smallest absolute Gasteiger partial charge is 0.267 e. The van der Waals surface area contributed by atoms with Crippen molar-refractivity contribution < 1.29 is 13.5 Å². The molecule has 168 valence electrons. The average Bonchev–Trinajstić information content (AvgIpc) is 3.17. The molecule has 10 heteroatoms. The van der Waals surface area contributed by atoms with Gasteiger partial charge < -0.3 is 15.5 Å². The molecule has 2 unspecified atom stereocenters. The molecule has 0 bridgehead atoms. The van der Waals surface area contributed by atoms with Crippen LogP contribution in [-0.2, 0) is 16.9 Å². The van der Waals surface area contributed by atoms with E-state index in [2.05, 4.69) is 19.9 Å². The Labute approximate surface area is 183 Å².